The summed E-state index contributed by atoms with van der Waals surface area (Å²) in [6.45, 7) is 5.86. The van der Waals surface area contributed by atoms with E-state index < -0.39 is 0 Å². The molecule has 2 amide bonds. The van der Waals surface area contributed by atoms with Gasteiger partial charge in [-0.2, -0.15) is 0 Å². The third kappa shape index (κ3) is 4.43. The Morgan fingerprint density at radius 1 is 0.893 bits per heavy atom. The van der Waals surface area contributed by atoms with Crippen LogP contribution in [0.1, 0.15) is 50.4 Å². The molecule has 0 saturated heterocycles. The lowest BCUT2D eigenvalue weighted by Crippen LogP contribution is -2.27. The number of aryl methyl sites for hydroxylation is 1. The van der Waals surface area contributed by atoms with Gasteiger partial charge in [0.25, 0.3) is 11.8 Å². The van der Waals surface area contributed by atoms with Gasteiger partial charge in [-0.25, -0.2) is 0 Å². The van der Waals surface area contributed by atoms with E-state index in [1.807, 2.05) is 69.3 Å². The van der Waals surface area contributed by atoms with Crippen LogP contribution in [-0.4, -0.2) is 16.8 Å². The fourth-order valence-electron chi connectivity index (χ4n) is 2.87. The fourth-order valence-corrected chi connectivity index (χ4v) is 2.87. The highest BCUT2D eigenvalue weighted by Gasteiger charge is 2.15. The average molecular weight is 373 g/mol. The summed E-state index contributed by atoms with van der Waals surface area (Å²) in [7, 11) is 0. The summed E-state index contributed by atoms with van der Waals surface area (Å²) in [6.07, 6.45) is 2.92. The minimum Gasteiger partial charge on any atom is -0.345 e. The number of nitrogens with zero attached hydrogens (tertiary/aromatic N) is 1. The zero-order valence-electron chi connectivity index (χ0n) is 16.2. The molecule has 3 aromatic rings. The molecular formula is C23H23N3O2. The van der Waals surface area contributed by atoms with Crippen molar-refractivity contribution in [3.63, 3.8) is 0 Å². The Morgan fingerprint density at radius 2 is 1.57 bits per heavy atom. The predicted octanol–water partition coefficient (Wildman–Crippen LogP) is 4.44. The quantitative estimate of drug-likeness (QED) is 0.694. The smallest absolute Gasteiger partial charge is 0.257 e. The number of hydrogen-bond acceptors (Lipinski definition) is 3. The Labute approximate surface area is 164 Å². The van der Waals surface area contributed by atoms with Crippen molar-refractivity contribution >= 4 is 17.5 Å². The molecule has 0 aliphatic carbocycles. The second-order valence-electron chi connectivity index (χ2n) is 6.77. The molecule has 2 aromatic carbocycles. The standard InChI is InChI=1S/C23H23N3O2/c1-15-8-7-11-21(16(15)2)26-23(28)20-12-19(13-24-14-20)22(27)25-17(3)18-9-5-4-6-10-18/h4-14,17H,1-3H3,(H,25,27)(H,26,28). The van der Waals surface area contributed by atoms with Gasteiger partial charge in [0.2, 0.25) is 0 Å². The second kappa shape index (κ2) is 8.48. The van der Waals surface area contributed by atoms with Gasteiger partial charge in [0.15, 0.2) is 0 Å². The molecule has 1 atom stereocenters. The minimum atomic E-state index is -0.299. The summed E-state index contributed by atoms with van der Waals surface area (Å²) in [6, 6.07) is 16.8. The van der Waals surface area contributed by atoms with Crippen LogP contribution in [0.25, 0.3) is 0 Å². The number of amides is 2. The van der Waals surface area contributed by atoms with Crippen molar-refractivity contribution in [3.05, 3.63) is 94.8 Å². The number of benzene rings is 2. The van der Waals surface area contributed by atoms with Crippen molar-refractivity contribution < 1.29 is 9.59 Å². The van der Waals surface area contributed by atoms with E-state index in [9.17, 15) is 9.59 Å². The van der Waals surface area contributed by atoms with Gasteiger partial charge >= 0.3 is 0 Å². The Balaban J connectivity index is 1.73. The van der Waals surface area contributed by atoms with E-state index in [1.165, 1.54) is 12.4 Å². The molecule has 1 heterocycles. The summed E-state index contributed by atoms with van der Waals surface area (Å²) in [5.41, 5.74) is 4.54. The molecule has 5 heteroatoms. The molecule has 0 bridgehead atoms. The highest BCUT2D eigenvalue weighted by Crippen LogP contribution is 2.19. The molecule has 0 saturated carbocycles. The molecule has 1 aromatic heterocycles. The van der Waals surface area contributed by atoms with Gasteiger partial charge in [-0.05, 0) is 49.6 Å². The number of nitrogens with one attached hydrogen (secondary N) is 2. The Bertz CT molecular complexity index is 1000. The molecule has 0 fully saturated rings. The number of aromatic nitrogens is 1. The Kier molecular flexibility index (Phi) is 5.84. The highest BCUT2D eigenvalue weighted by atomic mass is 16.2. The monoisotopic (exact) mass is 373 g/mol. The van der Waals surface area contributed by atoms with Crippen LogP contribution >= 0.6 is 0 Å². The van der Waals surface area contributed by atoms with Gasteiger partial charge in [-0.3, -0.25) is 14.6 Å². The van der Waals surface area contributed by atoms with Crippen molar-refractivity contribution in [1.82, 2.24) is 10.3 Å². The van der Waals surface area contributed by atoms with Crippen LogP contribution in [0.5, 0.6) is 0 Å². The summed E-state index contributed by atoms with van der Waals surface area (Å²) >= 11 is 0. The number of anilines is 1. The number of hydrogen-bond donors (Lipinski definition) is 2. The summed E-state index contributed by atoms with van der Waals surface area (Å²) in [5.74, 6) is -0.572. The normalized spacial score (nSPS) is 11.5. The first-order valence-corrected chi connectivity index (χ1v) is 9.14. The average Bonchev–Trinajstić information content (AvgIpc) is 2.72. The van der Waals surface area contributed by atoms with Crippen LogP contribution in [0.4, 0.5) is 5.69 Å². The van der Waals surface area contributed by atoms with Gasteiger partial charge in [-0.1, -0.05) is 42.5 Å². The molecule has 5 nitrogen and oxygen atoms in total. The van der Waals surface area contributed by atoms with Crippen molar-refractivity contribution in [2.75, 3.05) is 5.32 Å². The number of rotatable bonds is 5. The van der Waals surface area contributed by atoms with E-state index >= 15 is 0 Å². The number of pyridine rings is 1. The van der Waals surface area contributed by atoms with E-state index in [0.717, 1.165) is 22.4 Å². The first-order chi connectivity index (χ1) is 13.5. The zero-order chi connectivity index (χ0) is 20.1. The largest absolute Gasteiger partial charge is 0.345 e. The van der Waals surface area contributed by atoms with Crippen LogP contribution < -0.4 is 10.6 Å². The second-order valence-corrected chi connectivity index (χ2v) is 6.77. The molecule has 0 aliphatic rings. The molecule has 0 spiro atoms. The number of carbonyl (C=O) groups excluding carboxylic acids is 2. The maximum Gasteiger partial charge on any atom is 0.257 e. The highest BCUT2D eigenvalue weighted by molar-refractivity contribution is 6.06. The fraction of sp³-hybridized carbons (Fsp3) is 0.174. The maximum absolute atomic E-state index is 12.6. The van der Waals surface area contributed by atoms with E-state index in [-0.39, 0.29) is 17.9 Å². The zero-order valence-corrected chi connectivity index (χ0v) is 16.2. The first kappa shape index (κ1) is 19.3. The molecule has 2 N–H and O–H groups in total. The van der Waals surface area contributed by atoms with Crippen LogP contribution in [0.15, 0.2) is 67.0 Å². The van der Waals surface area contributed by atoms with Crippen molar-refractivity contribution in [2.24, 2.45) is 0 Å². The molecule has 3 rings (SSSR count). The van der Waals surface area contributed by atoms with Crippen molar-refractivity contribution in [1.29, 1.82) is 0 Å². The molecule has 28 heavy (non-hydrogen) atoms. The van der Waals surface area contributed by atoms with Gasteiger partial charge in [-0.15, -0.1) is 0 Å². The molecule has 142 valence electrons. The Morgan fingerprint density at radius 3 is 2.29 bits per heavy atom. The van der Waals surface area contributed by atoms with E-state index in [4.69, 9.17) is 0 Å². The van der Waals surface area contributed by atoms with E-state index in [2.05, 4.69) is 15.6 Å². The maximum atomic E-state index is 12.6. The Hall–Kier alpha value is -3.47. The molecule has 0 radical (unpaired) electrons. The predicted molar refractivity (Wildman–Crippen MR) is 110 cm³/mol. The lowest BCUT2D eigenvalue weighted by molar-refractivity contribution is 0.0939. The summed E-state index contributed by atoms with van der Waals surface area (Å²) in [4.78, 5) is 29.3. The third-order valence-electron chi connectivity index (χ3n) is 4.76. The molecule has 0 aliphatic heterocycles. The van der Waals surface area contributed by atoms with Gasteiger partial charge in [0, 0.05) is 18.1 Å². The van der Waals surface area contributed by atoms with Crippen LogP contribution in [0.3, 0.4) is 0 Å². The van der Waals surface area contributed by atoms with Crippen molar-refractivity contribution in [3.8, 4) is 0 Å². The van der Waals surface area contributed by atoms with Crippen molar-refractivity contribution in [2.45, 2.75) is 26.8 Å². The van der Waals surface area contributed by atoms with Crippen LogP contribution in [-0.2, 0) is 0 Å². The van der Waals surface area contributed by atoms with Gasteiger partial charge < -0.3 is 10.6 Å². The summed E-state index contributed by atoms with van der Waals surface area (Å²) in [5, 5.41) is 5.82. The van der Waals surface area contributed by atoms with Crippen LogP contribution in [0, 0.1) is 13.8 Å². The van der Waals surface area contributed by atoms with E-state index in [1.54, 1.807) is 6.07 Å². The van der Waals surface area contributed by atoms with Gasteiger partial charge in [0.1, 0.15) is 0 Å². The minimum absolute atomic E-state index is 0.152. The first-order valence-electron chi connectivity index (χ1n) is 9.14. The number of carbonyl (C=O) groups is 2. The SMILES string of the molecule is Cc1cccc(NC(=O)c2cncc(C(=O)NC(C)c3ccccc3)c2)c1C. The van der Waals surface area contributed by atoms with Crippen LogP contribution in [0.2, 0.25) is 0 Å². The lowest BCUT2D eigenvalue weighted by Gasteiger charge is -2.14. The molecule has 1 unspecified atom stereocenters. The lowest BCUT2D eigenvalue weighted by atomic mass is 10.1. The topological polar surface area (TPSA) is 71.1 Å². The summed E-state index contributed by atoms with van der Waals surface area (Å²) < 4.78 is 0. The molecular weight excluding hydrogens is 350 g/mol. The van der Waals surface area contributed by atoms with E-state index in [0.29, 0.717) is 11.1 Å². The third-order valence-corrected chi connectivity index (χ3v) is 4.76. The van der Waals surface area contributed by atoms with Gasteiger partial charge in [0.05, 0.1) is 17.2 Å².